The highest BCUT2D eigenvalue weighted by Crippen LogP contribution is 2.40. The molecule has 0 saturated heterocycles. The normalized spacial score (nSPS) is 34.3. The lowest BCUT2D eigenvalue weighted by Gasteiger charge is -2.45. The third-order valence-electron chi connectivity index (χ3n) is 4.47. The lowest BCUT2D eigenvalue weighted by atomic mass is 9.72. The molecule has 2 rings (SSSR count). The van der Waals surface area contributed by atoms with Crippen molar-refractivity contribution in [2.24, 2.45) is 5.41 Å². The largest absolute Gasteiger partial charge is 0.313 e. The SMILES string of the molecule is CCNC1CCC(C)(C)CC1N(C)C1CC1. The van der Waals surface area contributed by atoms with Gasteiger partial charge in [0.15, 0.2) is 0 Å². The second-order valence-corrected chi connectivity index (χ2v) is 6.54. The molecule has 1 N–H and O–H groups in total. The first-order valence-electron chi connectivity index (χ1n) is 6.99. The van der Waals surface area contributed by atoms with Gasteiger partial charge in [-0.3, -0.25) is 4.90 Å². The van der Waals surface area contributed by atoms with Crippen molar-refractivity contribution < 1.29 is 0 Å². The third kappa shape index (κ3) is 2.78. The van der Waals surface area contributed by atoms with Gasteiger partial charge in [0.25, 0.3) is 0 Å². The Morgan fingerprint density at radius 3 is 2.50 bits per heavy atom. The Labute approximate surface area is 101 Å². The summed E-state index contributed by atoms with van der Waals surface area (Å²) in [5.74, 6) is 0. The molecule has 2 saturated carbocycles. The van der Waals surface area contributed by atoms with Crippen LogP contribution < -0.4 is 5.32 Å². The summed E-state index contributed by atoms with van der Waals surface area (Å²) < 4.78 is 0. The van der Waals surface area contributed by atoms with Crippen molar-refractivity contribution in [3.63, 3.8) is 0 Å². The average molecular weight is 224 g/mol. The molecule has 0 bridgehead atoms. The monoisotopic (exact) mass is 224 g/mol. The smallest absolute Gasteiger partial charge is 0.0254 e. The second kappa shape index (κ2) is 4.66. The molecule has 0 heterocycles. The highest BCUT2D eigenvalue weighted by molar-refractivity contribution is 4.97. The molecular formula is C14H28N2. The van der Waals surface area contributed by atoms with Crippen LogP contribution in [-0.2, 0) is 0 Å². The number of hydrogen-bond acceptors (Lipinski definition) is 2. The van der Waals surface area contributed by atoms with Crippen LogP contribution in [0.15, 0.2) is 0 Å². The molecule has 0 amide bonds. The lowest BCUT2D eigenvalue weighted by molar-refractivity contribution is 0.0778. The molecular weight excluding hydrogens is 196 g/mol. The fraction of sp³-hybridized carbons (Fsp3) is 1.00. The zero-order valence-electron chi connectivity index (χ0n) is 11.4. The van der Waals surface area contributed by atoms with Crippen LogP contribution in [0.1, 0.15) is 52.9 Å². The van der Waals surface area contributed by atoms with Crippen molar-refractivity contribution >= 4 is 0 Å². The minimum atomic E-state index is 0.541. The number of hydrogen-bond donors (Lipinski definition) is 1. The maximum absolute atomic E-state index is 3.69. The molecule has 0 aromatic carbocycles. The van der Waals surface area contributed by atoms with Crippen molar-refractivity contribution in [2.45, 2.75) is 71.0 Å². The van der Waals surface area contributed by atoms with Gasteiger partial charge in [-0.25, -0.2) is 0 Å². The molecule has 2 fully saturated rings. The fourth-order valence-corrected chi connectivity index (χ4v) is 3.23. The predicted molar refractivity (Wildman–Crippen MR) is 69.7 cm³/mol. The van der Waals surface area contributed by atoms with Gasteiger partial charge in [0, 0.05) is 18.1 Å². The van der Waals surface area contributed by atoms with Crippen LogP contribution in [0.3, 0.4) is 0 Å². The Morgan fingerprint density at radius 1 is 1.25 bits per heavy atom. The first kappa shape index (κ1) is 12.4. The predicted octanol–water partition coefficient (Wildman–Crippen LogP) is 2.64. The minimum absolute atomic E-state index is 0.541. The summed E-state index contributed by atoms with van der Waals surface area (Å²) in [4.78, 5) is 2.66. The lowest BCUT2D eigenvalue weighted by Crippen LogP contribution is -2.54. The summed E-state index contributed by atoms with van der Waals surface area (Å²) in [6.45, 7) is 8.21. The maximum atomic E-state index is 3.69. The Balaban J connectivity index is 2.01. The van der Waals surface area contributed by atoms with Gasteiger partial charge in [-0.2, -0.15) is 0 Å². The molecule has 0 aromatic rings. The van der Waals surface area contributed by atoms with Gasteiger partial charge in [0.2, 0.25) is 0 Å². The van der Waals surface area contributed by atoms with E-state index in [9.17, 15) is 0 Å². The van der Waals surface area contributed by atoms with Crippen LogP contribution in [0.2, 0.25) is 0 Å². The van der Waals surface area contributed by atoms with Crippen molar-refractivity contribution in [2.75, 3.05) is 13.6 Å². The quantitative estimate of drug-likeness (QED) is 0.790. The maximum Gasteiger partial charge on any atom is 0.0254 e. The molecule has 0 radical (unpaired) electrons. The third-order valence-corrected chi connectivity index (χ3v) is 4.47. The van der Waals surface area contributed by atoms with E-state index in [2.05, 4.69) is 38.0 Å². The summed E-state index contributed by atoms with van der Waals surface area (Å²) in [5, 5.41) is 3.69. The van der Waals surface area contributed by atoms with E-state index in [0.717, 1.165) is 24.7 Å². The van der Waals surface area contributed by atoms with E-state index >= 15 is 0 Å². The van der Waals surface area contributed by atoms with Crippen LogP contribution in [0.25, 0.3) is 0 Å². The van der Waals surface area contributed by atoms with Gasteiger partial charge in [0.1, 0.15) is 0 Å². The standard InChI is InChI=1S/C14H28N2/c1-5-15-12-8-9-14(2,3)10-13(12)16(4)11-6-7-11/h11-13,15H,5-10H2,1-4H3. The summed E-state index contributed by atoms with van der Waals surface area (Å²) in [6, 6.07) is 2.37. The van der Waals surface area contributed by atoms with Gasteiger partial charge >= 0.3 is 0 Å². The minimum Gasteiger partial charge on any atom is -0.313 e. The van der Waals surface area contributed by atoms with Crippen LogP contribution in [-0.4, -0.2) is 36.6 Å². The van der Waals surface area contributed by atoms with E-state index in [4.69, 9.17) is 0 Å². The molecule has 16 heavy (non-hydrogen) atoms. The summed E-state index contributed by atoms with van der Waals surface area (Å²) in [6.07, 6.45) is 6.93. The van der Waals surface area contributed by atoms with Gasteiger partial charge in [0.05, 0.1) is 0 Å². The molecule has 2 aliphatic rings. The number of nitrogens with zero attached hydrogens (tertiary/aromatic N) is 1. The highest BCUT2D eigenvalue weighted by Gasteiger charge is 2.40. The zero-order chi connectivity index (χ0) is 11.8. The molecule has 2 atom stereocenters. The number of rotatable bonds is 4. The van der Waals surface area contributed by atoms with E-state index in [1.807, 2.05) is 0 Å². The molecule has 0 spiro atoms. The Morgan fingerprint density at radius 2 is 1.94 bits per heavy atom. The van der Waals surface area contributed by atoms with Crippen molar-refractivity contribution in [1.82, 2.24) is 10.2 Å². The van der Waals surface area contributed by atoms with E-state index in [-0.39, 0.29) is 0 Å². The van der Waals surface area contributed by atoms with Gasteiger partial charge < -0.3 is 5.32 Å². The van der Waals surface area contributed by atoms with E-state index in [1.54, 1.807) is 0 Å². The zero-order valence-corrected chi connectivity index (χ0v) is 11.4. The van der Waals surface area contributed by atoms with Crippen LogP contribution >= 0.6 is 0 Å². The van der Waals surface area contributed by atoms with Crippen LogP contribution in [0.4, 0.5) is 0 Å². The summed E-state index contributed by atoms with van der Waals surface area (Å²) >= 11 is 0. The fourth-order valence-electron chi connectivity index (χ4n) is 3.23. The highest BCUT2D eigenvalue weighted by atomic mass is 15.2. The summed E-state index contributed by atoms with van der Waals surface area (Å²) in [7, 11) is 2.34. The molecule has 2 heteroatoms. The summed E-state index contributed by atoms with van der Waals surface area (Å²) in [5.41, 5.74) is 0.541. The van der Waals surface area contributed by atoms with Gasteiger partial charge in [-0.05, 0) is 51.1 Å². The molecule has 0 aliphatic heterocycles. The van der Waals surface area contributed by atoms with Gasteiger partial charge in [-0.15, -0.1) is 0 Å². The Bertz CT molecular complexity index is 233. The Hall–Kier alpha value is -0.0800. The topological polar surface area (TPSA) is 15.3 Å². The second-order valence-electron chi connectivity index (χ2n) is 6.54. The van der Waals surface area contributed by atoms with Crippen LogP contribution in [0.5, 0.6) is 0 Å². The molecule has 94 valence electrons. The van der Waals surface area contributed by atoms with Crippen molar-refractivity contribution in [3.05, 3.63) is 0 Å². The van der Waals surface area contributed by atoms with Gasteiger partial charge in [-0.1, -0.05) is 20.8 Å². The molecule has 2 nitrogen and oxygen atoms in total. The van der Waals surface area contributed by atoms with Crippen molar-refractivity contribution in [3.8, 4) is 0 Å². The van der Waals surface area contributed by atoms with Crippen LogP contribution in [0, 0.1) is 5.41 Å². The number of likely N-dealkylation sites (N-methyl/N-ethyl adjacent to an activating group) is 2. The average Bonchev–Trinajstić information content (AvgIpc) is 3.03. The van der Waals surface area contributed by atoms with Crippen molar-refractivity contribution in [1.29, 1.82) is 0 Å². The first-order valence-corrected chi connectivity index (χ1v) is 6.99. The molecule has 0 aromatic heterocycles. The first-order chi connectivity index (χ1) is 7.53. The van der Waals surface area contributed by atoms with E-state index in [1.165, 1.54) is 32.1 Å². The van der Waals surface area contributed by atoms with E-state index < -0.39 is 0 Å². The Kier molecular flexibility index (Phi) is 3.60. The number of nitrogens with one attached hydrogen (secondary N) is 1. The molecule has 2 unspecified atom stereocenters. The van der Waals surface area contributed by atoms with E-state index in [0.29, 0.717) is 5.41 Å². The molecule has 2 aliphatic carbocycles.